The van der Waals surface area contributed by atoms with Gasteiger partial charge in [0.1, 0.15) is 0 Å². The van der Waals surface area contributed by atoms with Crippen LogP contribution in [0.4, 0.5) is 0 Å². The number of rotatable bonds is 6. The Morgan fingerprint density at radius 2 is 1.42 bits per heavy atom. The smallest absolute Gasteiger partial charge is 0.179 e. The van der Waals surface area contributed by atoms with Crippen LogP contribution in [0.3, 0.4) is 0 Å². The third-order valence-electron chi connectivity index (χ3n) is 8.32. The minimum atomic E-state index is -3.37. The van der Waals surface area contributed by atoms with Gasteiger partial charge < -0.3 is 5.11 Å². The van der Waals surface area contributed by atoms with Gasteiger partial charge in [-0.2, -0.15) is 0 Å². The molecule has 1 saturated heterocycles. The Morgan fingerprint density at radius 3 is 2.03 bits per heavy atom. The van der Waals surface area contributed by atoms with E-state index in [0.29, 0.717) is 18.0 Å². The van der Waals surface area contributed by atoms with E-state index in [4.69, 9.17) is 0 Å². The average molecular weight is 472 g/mol. The Morgan fingerprint density at radius 1 is 0.848 bits per heavy atom. The van der Waals surface area contributed by atoms with E-state index >= 15 is 0 Å². The lowest BCUT2D eigenvalue weighted by Crippen LogP contribution is -2.46. The van der Waals surface area contributed by atoms with Crippen LogP contribution in [0.15, 0.2) is 17.0 Å². The molecule has 182 valence electrons. The van der Waals surface area contributed by atoms with Crippen LogP contribution in [0.2, 0.25) is 0 Å². The quantitative estimate of drug-likeness (QED) is 0.654. The first-order valence-corrected chi connectivity index (χ1v) is 13.8. The van der Waals surface area contributed by atoms with Crippen LogP contribution < -0.4 is 0 Å². The molecule has 0 unspecified atom stereocenters. The van der Waals surface area contributed by atoms with E-state index < -0.39 is 15.9 Å². The number of hydrogen-bond donors (Lipinski definition) is 1. The van der Waals surface area contributed by atoms with Crippen molar-refractivity contribution in [1.82, 2.24) is 4.90 Å². The van der Waals surface area contributed by atoms with Gasteiger partial charge in [-0.25, -0.2) is 8.42 Å². The summed E-state index contributed by atoms with van der Waals surface area (Å²) in [5, 5.41) is 10.9. The van der Waals surface area contributed by atoms with Gasteiger partial charge in [-0.05, 0) is 137 Å². The fraction of sp³-hybridized carbons (Fsp3) is 0.571. The van der Waals surface area contributed by atoms with Gasteiger partial charge in [-0.15, -0.1) is 0 Å². The number of aliphatic hydroxyl groups is 1. The van der Waals surface area contributed by atoms with Crippen molar-refractivity contribution >= 4 is 9.84 Å². The van der Waals surface area contributed by atoms with Crippen LogP contribution in [0.5, 0.6) is 0 Å². The number of likely N-dealkylation sites (tertiary alicyclic amines) is 1. The van der Waals surface area contributed by atoms with Crippen molar-refractivity contribution in [2.24, 2.45) is 5.92 Å². The lowest BCUT2D eigenvalue weighted by atomic mass is 9.84. The van der Waals surface area contributed by atoms with Crippen LogP contribution in [-0.2, 0) is 16.3 Å². The highest BCUT2D eigenvalue weighted by Gasteiger charge is 2.30. The molecule has 0 radical (unpaired) electrons. The fourth-order valence-electron chi connectivity index (χ4n) is 5.13. The van der Waals surface area contributed by atoms with Crippen molar-refractivity contribution in [1.29, 1.82) is 0 Å². The zero-order valence-corrected chi connectivity index (χ0v) is 22.5. The van der Waals surface area contributed by atoms with Gasteiger partial charge in [0, 0.05) is 13.1 Å². The van der Waals surface area contributed by atoms with Gasteiger partial charge in [0.2, 0.25) is 0 Å². The Labute approximate surface area is 201 Å². The van der Waals surface area contributed by atoms with Gasteiger partial charge in [-0.3, -0.25) is 4.90 Å². The van der Waals surface area contributed by atoms with E-state index in [1.165, 1.54) is 27.8 Å². The maximum atomic E-state index is 13.1. The number of piperidine rings is 1. The predicted octanol–water partition coefficient (Wildman–Crippen LogP) is 4.85. The third-order valence-corrected chi connectivity index (χ3v) is 10.1. The van der Waals surface area contributed by atoms with Crippen molar-refractivity contribution < 1.29 is 13.5 Å². The third kappa shape index (κ3) is 5.36. The summed E-state index contributed by atoms with van der Waals surface area (Å²) >= 11 is 0. The molecule has 1 heterocycles. The number of sulfone groups is 1. The summed E-state index contributed by atoms with van der Waals surface area (Å²) in [7, 11) is -3.37. The molecule has 0 aliphatic carbocycles. The van der Waals surface area contributed by atoms with Crippen LogP contribution in [0.1, 0.15) is 56.5 Å². The van der Waals surface area contributed by atoms with Gasteiger partial charge in [0.15, 0.2) is 9.84 Å². The highest BCUT2D eigenvalue weighted by molar-refractivity contribution is 7.91. The second-order valence-corrected chi connectivity index (χ2v) is 12.3. The van der Waals surface area contributed by atoms with Crippen molar-refractivity contribution in [2.45, 2.75) is 79.2 Å². The molecule has 0 amide bonds. The summed E-state index contributed by atoms with van der Waals surface area (Å²) in [5.41, 5.74) is 10.8. The van der Waals surface area contributed by atoms with E-state index in [1.807, 2.05) is 33.8 Å². The minimum absolute atomic E-state index is 0.0859. The number of hydrogen-bond acceptors (Lipinski definition) is 4. The second kappa shape index (κ2) is 9.89. The number of aryl methyl sites for hydroxylation is 2. The molecule has 0 spiro atoms. The topological polar surface area (TPSA) is 57.6 Å². The number of nitrogens with zero attached hydrogens (tertiary/aromatic N) is 1. The standard InChI is InChI=1S/C28H41NO3S/c1-17-13-26(23(7)21(5)19(17)3)15-25-9-10-29(16-27(25)30)11-12-33(31,32)28-14-18(2)20(4)22(6)24(28)8/h13-14,25,27,30H,9-12,15-16H2,1-8H3/t25-,27-/m1/s1. The normalized spacial score (nSPS) is 19.8. The molecule has 5 heteroatoms. The minimum Gasteiger partial charge on any atom is -0.391 e. The van der Waals surface area contributed by atoms with Crippen LogP contribution in [0, 0.1) is 61.3 Å². The van der Waals surface area contributed by atoms with E-state index in [9.17, 15) is 13.5 Å². The molecule has 0 aromatic heterocycles. The van der Waals surface area contributed by atoms with Crippen molar-refractivity contribution in [3.63, 3.8) is 0 Å². The maximum absolute atomic E-state index is 13.1. The van der Waals surface area contributed by atoms with E-state index in [2.05, 4.69) is 38.7 Å². The molecule has 1 N–H and O–H groups in total. The van der Waals surface area contributed by atoms with Gasteiger partial charge in [0.05, 0.1) is 16.8 Å². The molecule has 33 heavy (non-hydrogen) atoms. The average Bonchev–Trinajstić information content (AvgIpc) is 2.77. The molecule has 0 saturated carbocycles. The molecule has 3 rings (SSSR count). The largest absolute Gasteiger partial charge is 0.391 e. The Bertz CT molecular complexity index is 1150. The second-order valence-electron chi connectivity index (χ2n) is 10.2. The van der Waals surface area contributed by atoms with E-state index in [-0.39, 0.29) is 11.7 Å². The van der Waals surface area contributed by atoms with Crippen LogP contribution in [0.25, 0.3) is 0 Å². The molecule has 1 aliphatic heterocycles. The van der Waals surface area contributed by atoms with Crippen molar-refractivity contribution in [2.75, 3.05) is 25.4 Å². The molecule has 1 fully saturated rings. The molecule has 2 atom stereocenters. The predicted molar refractivity (Wildman–Crippen MR) is 137 cm³/mol. The number of aliphatic hydroxyl groups excluding tert-OH is 1. The first-order chi connectivity index (χ1) is 15.3. The fourth-order valence-corrected chi connectivity index (χ4v) is 6.83. The summed E-state index contributed by atoms with van der Waals surface area (Å²) in [4.78, 5) is 2.57. The molecule has 0 bridgehead atoms. The van der Waals surface area contributed by atoms with Crippen molar-refractivity contribution in [3.8, 4) is 0 Å². The van der Waals surface area contributed by atoms with Gasteiger partial charge in [0.25, 0.3) is 0 Å². The number of benzene rings is 2. The molecular weight excluding hydrogens is 430 g/mol. The van der Waals surface area contributed by atoms with Gasteiger partial charge in [-0.1, -0.05) is 6.07 Å². The number of β-amino-alcohol motifs (C(OH)–C–C–N with tert-alkyl or cyclic N) is 1. The lowest BCUT2D eigenvalue weighted by Gasteiger charge is -2.36. The van der Waals surface area contributed by atoms with Crippen molar-refractivity contribution in [3.05, 3.63) is 62.2 Å². The Hall–Kier alpha value is -1.69. The summed E-state index contributed by atoms with van der Waals surface area (Å²) in [5.74, 6) is 0.297. The molecule has 4 nitrogen and oxygen atoms in total. The molecule has 1 aliphatic rings. The van der Waals surface area contributed by atoms with Crippen LogP contribution >= 0.6 is 0 Å². The van der Waals surface area contributed by atoms with E-state index in [0.717, 1.165) is 41.6 Å². The Balaban J connectivity index is 1.65. The van der Waals surface area contributed by atoms with Crippen LogP contribution in [-0.4, -0.2) is 49.9 Å². The highest BCUT2D eigenvalue weighted by Crippen LogP contribution is 2.29. The maximum Gasteiger partial charge on any atom is 0.179 e. The highest BCUT2D eigenvalue weighted by atomic mass is 32.2. The van der Waals surface area contributed by atoms with E-state index in [1.54, 1.807) is 0 Å². The summed E-state index contributed by atoms with van der Waals surface area (Å²) in [6.07, 6.45) is 1.32. The Kier molecular flexibility index (Phi) is 7.77. The zero-order chi connectivity index (χ0) is 24.7. The first-order valence-electron chi connectivity index (χ1n) is 12.1. The molecule has 2 aromatic carbocycles. The lowest BCUT2D eigenvalue weighted by molar-refractivity contribution is 0.0244. The zero-order valence-electron chi connectivity index (χ0n) is 21.7. The summed E-state index contributed by atoms with van der Waals surface area (Å²) in [6.45, 7) is 18.4. The monoisotopic (exact) mass is 471 g/mol. The summed E-state index contributed by atoms with van der Waals surface area (Å²) in [6, 6.07) is 4.10. The first kappa shape index (κ1) is 25.9. The molecular formula is C28H41NO3S. The summed E-state index contributed by atoms with van der Waals surface area (Å²) < 4.78 is 26.3. The molecule has 2 aromatic rings. The van der Waals surface area contributed by atoms with Gasteiger partial charge >= 0.3 is 0 Å². The SMILES string of the molecule is Cc1cc(C[C@H]2CCN(CCS(=O)(=O)c3cc(C)c(C)c(C)c3C)C[C@H]2O)c(C)c(C)c1C.